The predicted molar refractivity (Wildman–Crippen MR) is 81.7 cm³/mol. The van der Waals surface area contributed by atoms with Crippen molar-refractivity contribution >= 4 is 23.2 Å². The van der Waals surface area contributed by atoms with Crippen molar-refractivity contribution in [2.24, 2.45) is 0 Å². The number of halogens is 2. The van der Waals surface area contributed by atoms with Crippen LogP contribution >= 0.6 is 11.6 Å². The number of anilines is 1. The molecule has 1 N–H and O–H groups in total. The van der Waals surface area contributed by atoms with Crippen LogP contribution in [0.15, 0.2) is 36.4 Å². The summed E-state index contributed by atoms with van der Waals surface area (Å²) in [6, 6.07) is 9.22. The summed E-state index contributed by atoms with van der Waals surface area (Å²) in [5, 5.41) is 2.95. The zero-order chi connectivity index (χ0) is 15.4. The van der Waals surface area contributed by atoms with Gasteiger partial charge in [-0.15, -0.1) is 0 Å². The number of nitrogens with one attached hydrogen (secondary N) is 1. The molecule has 0 saturated carbocycles. The molecule has 0 heterocycles. The molecule has 0 bridgehead atoms. The Bertz CT molecular complexity index is 673. The maximum atomic E-state index is 13.7. The minimum atomic E-state index is -0.623. The van der Waals surface area contributed by atoms with Gasteiger partial charge in [-0.3, -0.25) is 4.79 Å². The van der Waals surface area contributed by atoms with Crippen LogP contribution in [0.2, 0.25) is 5.02 Å². The molecule has 110 valence electrons. The van der Waals surface area contributed by atoms with Crippen molar-refractivity contribution in [3.05, 3.63) is 58.4 Å². The van der Waals surface area contributed by atoms with Crippen LogP contribution in [0.4, 0.5) is 10.1 Å². The van der Waals surface area contributed by atoms with Gasteiger partial charge < -0.3 is 10.1 Å². The predicted octanol–water partition coefficient (Wildman–Crippen LogP) is 4.44. The summed E-state index contributed by atoms with van der Waals surface area (Å²) in [6.45, 7) is 4.24. The van der Waals surface area contributed by atoms with Crippen LogP contribution in [-0.4, -0.2) is 12.5 Å². The number of rotatable bonds is 4. The third-order valence-corrected chi connectivity index (χ3v) is 3.09. The fourth-order valence-corrected chi connectivity index (χ4v) is 2.04. The molecular formula is C16H15ClFNO2. The molecule has 0 unspecified atom stereocenters. The molecule has 2 aromatic rings. The number of carbonyl (C=O) groups is 1. The summed E-state index contributed by atoms with van der Waals surface area (Å²) in [5.74, 6) is -0.643. The monoisotopic (exact) mass is 307 g/mol. The minimum absolute atomic E-state index is 0.106. The molecule has 3 nitrogen and oxygen atoms in total. The Kier molecular flexibility index (Phi) is 4.81. The molecule has 0 atom stereocenters. The largest absolute Gasteiger partial charge is 0.492 e. The van der Waals surface area contributed by atoms with Crippen LogP contribution in [0.5, 0.6) is 5.75 Å². The van der Waals surface area contributed by atoms with Gasteiger partial charge in [0.25, 0.3) is 5.91 Å². The first kappa shape index (κ1) is 15.3. The van der Waals surface area contributed by atoms with E-state index in [4.69, 9.17) is 16.3 Å². The summed E-state index contributed by atoms with van der Waals surface area (Å²) in [4.78, 5) is 12.2. The highest BCUT2D eigenvalue weighted by atomic mass is 35.5. The van der Waals surface area contributed by atoms with E-state index in [0.717, 1.165) is 11.6 Å². The van der Waals surface area contributed by atoms with Crippen LogP contribution in [0.1, 0.15) is 22.8 Å². The molecule has 0 aliphatic carbocycles. The molecule has 21 heavy (non-hydrogen) atoms. The molecular weight excluding hydrogens is 293 g/mol. The van der Waals surface area contributed by atoms with E-state index >= 15 is 0 Å². The van der Waals surface area contributed by atoms with Crippen LogP contribution in [0.3, 0.4) is 0 Å². The highest BCUT2D eigenvalue weighted by Crippen LogP contribution is 2.27. The van der Waals surface area contributed by atoms with E-state index in [9.17, 15) is 9.18 Å². The van der Waals surface area contributed by atoms with Gasteiger partial charge in [0.2, 0.25) is 0 Å². The molecule has 0 aliphatic rings. The van der Waals surface area contributed by atoms with Gasteiger partial charge >= 0.3 is 0 Å². The maximum Gasteiger partial charge on any atom is 0.258 e. The van der Waals surface area contributed by atoms with Crippen molar-refractivity contribution in [2.45, 2.75) is 13.8 Å². The van der Waals surface area contributed by atoms with Crippen molar-refractivity contribution in [1.29, 1.82) is 0 Å². The standard InChI is InChI=1S/C16H15ClFNO2/c1-3-21-15-8-10(2)4-7-14(15)19-16(20)12-9-11(17)5-6-13(12)18/h4-9H,3H2,1-2H3,(H,19,20). The average molecular weight is 308 g/mol. The van der Waals surface area contributed by atoms with Gasteiger partial charge in [-0.25, -0.2) is 4.39 Å². The fourth-order valence-electron chi connectivity index (χ4n) is 1.87. The highest BCUT2D eigenvalue weighted by Gasteiger charge is 2.14. The summed E-state index contributed by atoms with van der Waals surface area (Å²) in [5.41, 5.74) is 1.39. The van der Waals surface area contributed by atoms with Crippen LogP contribution in [0, 0.1) is 12.7 Å². The smallest absolute Gasteiger partial charge is 0.258 e. The Morgan fingerprint density at radius 3 is 2.76 bits per heavy atom. The minimum Gasteiger partial charge on any atom is -0.492 e. The molecule has 0 aliphatic heterocycles. The van der Waals surface area contributed by atoms with E-state index in [-0.39, 0.29) is 5.56 Å². The Labute approximate surface area is 127 Å². The van der Waals surface area contributed by atoms with E-state index < -0.39 is 11.7 Å². The molecule has 2 aromatic carbocycles. The summed E-state index contributed by atoms with van der Waals surface area (Å²) in [6.07, 6.45) is 0. The van der Waals surface area contributed by atoms with Gasteiger partial charge in [0.05, 0.1) is 17.9 Å². The van der Waals surface area contributed by atoms with Gasteiger partial charge in [-0.1, -0.05) is 17.7 Å². The molecule has 0 fully saturated rings. The summed E-state index contributed by atoms with van der Waals surface area (Å²) >= 11 is 5.79. The van der Waals surface area contributed by atoms with Crippen molar-refractivity contribution in [3.63, 3.8) is 0 Å². The number of hydrogen-bond acceptors (Lipinski definition) is 2. The van der Waals surface area contributed by atoms with Crippen molar-refractivity contribution in [2.75, 3.05) is 11.9 Å². The first-order chi connectivity index (χ1) is 10.0. The van der Waals surface area contributed by atoms with Crippen molar-refractivity contribution in [3.8, 4) is 5.75 Å². The fraction of sp³-hybridized carbons (Fsp3) is 0.188. The average Bonchev–Trinajstić information content (AvgIpc) is 2.44. The lowest BCUT2D eigenvalue weighted by atomic mass is 10.1. The molecule has 1 amide bonds. The van der Waals surface area contributed by atoms with Crippen molar-refractivity contribution < 1.29 is 13.9 Å². The van der Waals surface area contributed by atoms with Gasteiger partial charge in [0.15, 0.2) is 0 Å². The zero-order valence-electron chi connectivity index (χ0n) is 11.7. The number of carbonyl (C=O) groups excluding carboxylic acids is 1. The second kappa shape index (κ2) is 6.59. The first-order valence-electron chi connectivity index (χ1n) is 6.51. The SMILES string of the molecule is CCOc1cc(C)ccc1NC(=O)c1cc(Cl)ccc1F. The third-order valence-electron chi connectivity index (χ3n) is 2.86. The Morgan fingerprint density at radius 2 is 2.05 bits per heavy atom. The van der Waals surface area contributed by atoms with Gasteiger partial charge in [-0.05, 0) is 49.7 Å². The lowest BCUT2D eigenvalue weighted by Gasteiger charge is -2.12. The quantitative estimate of drug-likeness (QED) is 0.907. The van der Waals surface area contributed by atoms with Crippen LogP contribution < -0.4 is 10.1 Å². The van der Waals surface area contributed by atoms with Gasteiger partial charge in [0.1, 0.15) is 11.6 Å². The Balaban J connectivity index is 2.29. The number of benzene rings is 2. The molecule has 2 rings (SSSR count). The van der Waals surface area contributed by atoms with Crippen LogP contribution in [0.25, 0.3) is 0 Å². The topological polar surface area (TPSA) is 38.3 Å². The molecule has 0 spiro atoms. The second-order valence-electron chi connectivity index (χ2n) is 4.51. The number of ether oxygens (including phenoxy) is 1. The Hall–Kier alpha value is -2.07. The molecule has 5 heteroatoms. The normalized spacial score (nSPS) is 10.3. The summed E-state index contributed by atoms with van der Waals surface area (Å²) in [7, 11) is 0. The number of aryl methyl sites for hydroxylation is 1. The van der Waals surface area contributed by atoms with E-state index in [1.165, 1.54) is 12.1 Å². The highest BCUT2D eigenvalue weighted by molar-refractivity contribution is 6.31. The van der Waals surface area contributed by atoms with E-state index in [1.54, 1.807) is 6.07 Å². The van der Waals surface area contributed by atoms with E-state index in [0.29, 0.717) is 23.1 Å². The second-order valence-corrected chi connectivity index (χ2v) is 4.95. The first-order valence-corrected chi connectivity index (χ1v) is 6.89. The lowest BCUT2D eigenvalue weighted by Crippen LogP contribution is -2.14. The van der Waals surface area contributed by atoms with E-state index in [1.807, 2.05) is 26.0 Å². The van der Waals surface area contributed by atoms with E-state index in [2.05, 4.69) is 5.32 Å². The third kappa shape index (κ3) is 3.73. The molecule has 0 radical (unpaired) electrons. The van der Waals surface area contributed by atoms with Gasteiger partial charge in [0, 0.05) is 5.02 Å². The number of amides is 1. The number of hydrogen-bond donors (Lipinski definition) is 1. The maximum absolute atomic E-state index is 13.7. The molecule has 0 aromatic heterocycles. The summed E-state index contributed by atoms with van der Waals surface area (Å²) < 4.78 is 19.2. The molecule has 0 saturated heterocycles. The lowest BCUT2D eigenvalue weighted by molar-refractivity contribution is 0.102. The zero-order valence-corrected chi connectivity index (χ0v) is 12.5. The Morgan fingerprint density at radius 1 is 1.29 bits per heavy atom. The van der Waals surface area contributed by atoms with Gasteiger partial charge in [-0.2, -0.15) is 0 Å². The van der Waals surface area contributed by atoms with Crippen LogP contribution in [-0.2, 0) is 0 Å². The van der Waals surface area contributed by atoms with Crippen molar-refractivity contribution in [1.82, 2.24) is 0 Å².